The molecule has 2 aromatic rings. The zero-order valence-electron chi connectivity index (χ0n) is 38.9. The fraction of sp³-hybridized carbons (Fsp3) is 0.587. The third kappa shape index (κ3) is 11.6. The van der Waals surface area contributed by atoms with Gasteiger partial charge in [-0.25, -0.2) is 0 Å². The number of hydrogen-bond acceptors (Lipinski definition) is 13. The van der Waals surface area contributed by atoms with Crippen molar-refractivity contribution in [3.8, 4) is 11.1 Å². The predicted molar refractivity (Wildman–Crippen MR) is 247 cm³/mol. The minimum Gasteiger partial charge on any atom is -0.403 e. The van der Waals surface area contributed by atoms with E-state index < -0.39 is 97.1 Å². The van der Waals surface area contributed by atoms with Crippen LogP contribution in [0.1, 0.15) is 95.5 Å². The van der Waals surface area contributed by atoms with E-state index >= 15 is 0 Å². The van der Waals surface area contributed by atoms with Crippen LogP contribution in [0.25, 0.3) is 11.1 Å². The predicted octanol–water partition coefficient (Wildman–Crippen LogP) is -0.960. The van der Waals surface area contributed by atoms with Crippen LogP contribution in [0.4, 0.5) is 0 Å². The Morgan fingerprint density at radius 2 is 1.54 bits per heavy atom. The van der Waals surface area contributed by atoms with Gasteiger partial charge in [0.05, 0.1) is 24.2 Å². The quantitative estimate of drug-likeness (QED) is 0.0566. The van der Waals surface area contributed by atoms with Crippen LogP contribution in [0.5, 0.6) is 0 Å². The number of carbonyl (C=O) groups excluding carboxylic acids is 7. The third-order valence-electron chi connectivity index (χ3n) is 14.1. The molecule has 2 heterocycles. The second-order valence-electron chi connectivity index (χ2n) is 19.3. The van der Waals surface area contributed by atoms with Crippen LogP contribution in [0.2, 0.25) is 0 Å². The number of aryl methyl sites for hydroxylation is 1. The molecule has 2 unspecified atom stereocenters. The van der Waals surface area contributed by atoms with Crippen LogP contribution in [-0.4, -0.2) is 126 Å². The number of likely N-dealkylation sites (tertiary alicyclic amines) is 1. The summed E-state index contributed by atoms with van der Waals surface area (Å²) in [6.07, 6.45) is 0.697. The molecular weight excluding hydrogens is 863 g/mol. The van der Waals surface area contributed by atoms with Crippen molar-refractivity contribution in [2.75, 3.05) is 13.1 Å². The molecule has 3 saturated carbocycles. The van der Waals surface area contributed by atoms with Gasteiger partial charge in [-0.15, -0.1) is 0 Å². The maximum atomic E-state index is 13.6. The molecule has 0 aromatic heterocycles. The van der Waals surface area contributed by atoms with E-state index in [0.717, 1.165) is 43.2 Å². The highest BCUT2D eigenvalue weighted by Crippen LogP contribution is 2.65. The van der Waals surface area contributed by atoms with E-state index in [2.05, 4.69) is 71.6 Å². The summed E-state index contributed by atoms with van der Waals surface area (Å²) in [5, 5.41) is 22.7. The summed E-state index contributed by atoms with van der Waals surface area (Å²) in [7, 11) is -1.01. The molecule has 2 saturated heterocycles. The lowest BCUT2D eigenvalue weighted by Crippen LogP contribution is -2.65. The van der Waals surface area contributed by atoms with E-state index in [4.69, 9.17) is 32.2 Å². The Hall–Kier alpha value is -5.45. The molecule has 2 aliphatic heterocycles. The number of carbonyl (C=O) groups is 7. The lowest BCUT2D eigenvalue weighted by molar-refractivity contribution is -0.199. The fourth-order valence-electron chi connectivity index (χ4n) is 10.0. The van der Waals surface area contributed by atoms with Gasteiger partial charge in [-0.1, -0.05) is 63.6 Å². The fourth-order valence-corrected chi connectivity index (χ4v) is 10.0. The molecular formula is C46H67BN10O10. The van der Waals surface area contributed by atoms with Crippen molar-refractivity contribution >= 4 is 48.5 Å². The standard InChI is InChI=1S/C46H67BN10O10/c1-6-7-8-25-9-11-26(12-10-25)27-13-15-28(16-14-27)39(61)52-18-17-36(60)57-23-30(48)21-32(57)41(63)54-37(24(2)58)42(64)55-38(50)43(65)53-31(22-35(49)59)40(62)56-44(51)47-66-34-20-29-19-33(45(29,3)4)46(34,5)67-47/h9-16,24,29-34,37-38,44,58H,6-8,17-23,48,50-51H2,1-5H3,(H2,49,59)(H,52,61)(H,53,65)(H,54,63)(H,55,64)(H,56,62)/t24-,29+,30+,31?,32+,33+,34?,37+,38-,44-,46+/m1/s1. The highest BCUT2D eigenvalue weighted by molar-refractivity contribution is 6.47. The van der Waals surface area contributed by atoms with Crippen LogP contribution in [0, 0.1) is 17.3 Å². The Labute approximate surface area is 391 Å². The van der Waals surface area contributed by atoms with Gasteiger partial charge in [0.1, 0.15) is 24.2 Å². The van der Waals surface area contributed by atoms with Gasteiger partial charge in [0.2, 0.25) is 29.5 Å². The molecule has 2 aromatic carbocycles. The largest absolute Gasteiger partial charge is 0.497 e. The average Bonchev–Trinajstić information content (AvgIpc) is 3.86. The number of amides is 7. The maximum absolute atomic E-state index is 13.6. The van der Waals surface area contributed by atoms with E-state index in [1.807, 2.05) is 19.1 Å². The summed E-state index contributed by atoms with van der Waals surface area (Å²) in [6, 6.07) is 9.32. The van der Waals surface area contributed by atoms with Crippen molar-refractivity contribution < 1.29 is 48.0 Å². The van der Waals surface area contributed by atoms with Crippen LogP contribution in [0.3, 0.4) is 0 Å². The summed E-state index contributed by atoms with van der Waals surface area (Å²) < 4.78 is 12.4. The lowest BCUT2D eigenvalue weighted by atomic mass is 9.43. The second-order valence-corrected chi connectivity index (χ2v) is 19.3. The van der Waals surface area contributed by atoms with Crippen LogP contribution in [0.15, 0.2) is 48.5 Å². The first-order valence-electron chi connectivity index (χ1n) is 23.2. The first kappa shape index (κ1) is 51.0. The minimum atomic E-state index is -1.85. The van der Waals surface area contributed by atoms with Crippen molar-refractivity contribution in [3.63, 3.8) is 0 Å². The van der Waals surface area contributed by atoms with E-state index in [-0.39, 0.29) is 49.3 Å². The minimum absolute atomic E-state index is 0.0211. The molecule has 2 bridgehead atoms. The van der Waals surface area contributed by atoms with E-state index in [1.165, 1.54) is 17.4 Å². The number of nitrogens with one attached hydrogen (secondary N) is 5. The van der Waals surface area contributed by atoms with Gasteiger partial charge in [-0.05, 0) is 92.0 Å². The van der Waals surface area contributed by atoms with Gasteiger partial charge < -0.3 is 68.8 Å². The molecule has 0 spiro atoms. The number of nitrogens with zero attached hydrogens (tertiary/aromatic N) is 1. The summed E-state index contributed by atoms with van der Waals surface area (Å²) in [5.74, 6) is -4.99. The van der Waals surface area contributed by atoms with Gasteiger partial charge >= 0.3 is 7.12 Å². The highest BCUT2D eigenvalue weighted by Gasteiger charge is 2.68. The summed E-state index contributed by atoms with van der Waals surface area (Å²) >= 11 is 0. The molecule has 67 heavy (non-hydrogen) atoms. The molecule has 21 heteroatoms. The average molecular weight is 931 g/mol. The van der Waals surface area contributed by atoms with Gasteiger partial charge in [-0.2, -0.15) is 0 Å². The third-order valence-corrected chi connectivity index (χ3v) is 14.1. The number of benzene rings is 2. The zero-order valence-corrected chi connectivity index (χ0v) is 38.9. The number of unbranched alkanes of at least 4 members (excludes halogenated alkanes) is 1. The molecule has 5 aliphatic rings. The van der Waals surface area contributed by atoms with Crippen LogP contribution in [-0.2, 0) is 44.5 Å². The summed E-state index contributed by atoms with van der Waals surface area (Å²) in [4.78, 5) is 93.1. The molecule has 11 atom stereocenters. The molecule has 20 nitrogen and oxygen atoms in total. The van der Waals surface area contributed by atoms with Crippen LogP contribution < -0.4 is 49.5 Å². The van der Waals surface area contributed by atoms with E-state index in [9.17, 15) is 38.7 Å². The topological polar surface area (TPSA) is 326 Å². The van der Waals surface area contributed by atoms with Crippen molar-refractivity contribution in [1.29, 1.82) is 0 Å². The first-order valence-corrected chi connectivity index (χ1v) is 23.2. The molecule has 0 radical (unpaired) electrons. The number of aliphatic hydroxyl groups is 1. The number of primary amides is 1. The monoisotopic (exact) mass is 931 g/mol. The summed E-state index contributed by atoms with van der Waals surface area (Å²) in [6.45, 7) is 9.74. The van der Waals surface area contributed by atoms with Gasteiger partial charge in [0.15, 0.2) is 6.17 Å². The molecule has 14 N–H and O–H groups in total. The van der Waals surface area contributed by atoms with Crippen molar-refractivity contribution in [3.05, 3.63) is 59.7 Å². The number of aliphatic hydroxyl groups excluding tert-OH is 1. The Bertz CT molecular complexity index is 2160. The lowest BCUT2D eigenvalue weighted by Gasteiger charge is -2.64. The number of nitrogens with two attached hydrogens (primary N) is 4. The molecule has 364 valence electrons. The Kier molecular flexibility index (Phi) is 16.2. The molecule has 7 amide bonds. The first-order chi connectivity index (χ1) is 31.6. The highest BCUT2D eigenvalue weighted by atomic mass is 16.7. The zero-order chi connectivity index (χ0) is 49.0. The van der Waals surface area contributed by atoms with Gasteiger partial charge in [-0.3, -0.25) is 33.6 Å². The van der Waals surface area contributed by atoms with E-state index in [1.54, 1.807) is 12.1 Å². The SMILES string of the molecule is CCCCc1ccc(-c2ccc(C(=O)NCCC(=O)N3C[C@@H](N)C[C@H]3C(=O)N[C@H](C(=O)N[C@@H](N)C(=O)NC(CC(N)=O)C(=O)N[C@@H](N)B3OC4C[C@@H]5C[C@@H](C5(C)C)[C@]4(C)O3)[C@@H](C)O)cc2)cc1. The maximum Gasteiger partial charge on any atom is 0.497 e. The van der Waals surface area contributed by atoms with E-state index in [0.29, 0.717) is 11.5 Å². The Morgan fingerprint density at radius 3 is 2.15 bits per heavy atom. The Balaban J connectivity index is 0.972. The number of hydrogen-bond donors (Lipinski definition) is 10. The smallest absolute Gasteiger partial charge is 0.403 e. The van der Waals surface area contributed by atoms with Gasteiger partial charge in [0.25, 0.3) is 11.8 Å². The molecule has 5 fully saturated rings. The van der Waals surface area contributed by atoms with Crippen LogP contribution >= 0.6 is 0 Å². The molecule has 7 rings (SSSR count). The summed E-state index contributed by atoms with van der Waals surface area (Å²) in [5.41, 5.74) is 27.0. The van der Waals surface area contributed by atoms with Crippen molar-refractivity contribution in [2.45, 2.75) is 140 Å². The van der Waals surface area contributed by atoms with Crippen molar-refractivity contribution in [1.82, 2.24) is 31.5 Å². The van der Waals surface area contributed by atoms with Gasteiger partial charge in [0, 0.05) is 31.1 Å². The second kappa shape index (κ2) is 21.2. The normalized spacial score (nSPS) is 25.8. The molecule has 3 aliphatic carbocycles. The van der Waals surface area contributed by atoms with Crippen molar-refractivity contribution in [2.24, 2.45) is 40.2 Å². The number of rotatable bonds is 20. The Morgan fingerprint density at radius 1 is 0.881 bits per heavy atom.